The van der Waals surface area contributed by atoms with Crippen molar-refractivity contribution in [2.75, 3.05) is 0 Å². The fourth-order valence-corrected chi connectivity index (χ4v) is 1.19. The zero-order valence-corrected chi connectivity index (χ0v) is 7.45. The van der Waals surface area contributed by atoms with Gasteiger partial charge in [-0.05, 0) is 0 Å². The number of hydrogen-bond acceptors (Lipinski definition) is 6. The van der Waals surface area contributed by atoms with Crippen LogP contribution in [0.1, 0.15) is 12.8 Å². The minimum atomic E-state index is -1.10. The van der Waals surface area contributed by atoms with Gasteiger partial charge in [-0.3, -0.25) is 15.3 Å². The molecule has 0 saturated heterocycles. The zero-order valence-electron chi connectivity index (χ0n) is 7.45. The van der Waals surface area contributed by atoms with E-state index in [-0.39, 0.29) is 29.8 Å². The summed E-state index contributed by atoms with van der Waals surface area (Å²) >= 11 is 0. The molecular formula is C7H8N2O6. The maximum Gasteiger partial charge on any atom is 0.278 e. The van der Waals surface area contributed by atoms with Gasteiger partial charge in [-0.2, -0.15) is 0 Å². The molecule has 0 unspecified atom stereocenters. The third-order valence-electron chi connectivity index (χ3n) is 1.91. The van der Waals surface area contributed by atoms with Crippen LogP contribution in [0.3, 0.4) is 0 Å². The lowest BCUT2D eigenvalue weighted by atomic mass is 9.98. The lowest BCUT2D eigenvalue weighted by Gasteiger charge is -2.08. The van der Waals surface area contributed by atoms with E-state index in [0.29, 0.717) is 0 Å². The third-order valence-corrected chi connectivity index (χ3v) is 1.91. The van der Waals surface area contributed by atoms with Crippen molar-refractivity contribution in [3.8, 4) is 0 Å². The molecule has 0 amide bonds. The van der Waals surface area contributed by atoms with Crippen molar-refractivity contribution in [2.24, 2.45) is 0 Å². The monoisotopic (exact) mass is 216 g/mol. The van der Waals surface area contributed by atoms with Crippen LogP contribution >= 0.6 is 0 Å². The van der Waals surface area contributed by atoms with Crippen LogP contribution in [-0.4, -0.2) is 31.0 Å². The first-order valence-electron chi connectivity index (χ1n) is 3.88. The normalized spacial score (nSPS) is 19.5. The van der Waals surface area contributed by atoms with Gasteiger partial charge in [0.1, 0.15) is 6.42 Å². The molecule has 0 atom stereocenters. The zero-order chi connectivity index (χ0) is 11.6. The van der Waals surface area contributed by atoms with E-state index in [0.717, 1.165) is 6.08 Å². The van der Waals surface area contributed by atoms with Gasteiger partial charge in [-0.25, -0.2) is 0 Å². The van der Waals surface area contributed by atoms with Gasteiger partial charge in [-0.15, -0.1) is 0 Å². The molecule has 3 N–H and O–H groups in total. The first-order chi connectivity index (χ1) is 6.91. The summed E-state index contributed by atoms with van der Waals surface area (Å²) in [4.78, 5) is 9.17. The van der Waals surface area contributed by atoms with Crippen LogP contribution in [-0.2, 0) is 0 Å². The first-order valence-corrected chi connectivity index (χ1v) is 3.88. The standard InChI is InChI=1S/C7H8N2O6/c10-7(11)4-1-5(8(12)13)3-6(2-4)9(14)15/h1,10-11H,2-3H2,(H,14,15). The molecule has 0 radical (unpaired) electrons. The molecule has 1 aliphatic carbocycles. The Balaban J connectivity index is 3.18. The molecule has 0 aromatic rings. The van der Waals surface area contributed by atoms with Crippen LogP contribution in [0.2, 0.25) is 0 Å². The Hall–Kier alpha value is -2.25. The molecule has 0 bridgehead atoms. The first kappa shape index (κ1) is 10.8. The summed E-state index contributed by atoms with van der Waals surface area (Å²) in [7, 11) is 0. The van der Waals surface area contributed by atoms with Crippen LogP contribution in [0.5, 0.6) is 0 Å². The van der Waals surface area contributed by atoms with Gasteiger partial charge < -0.3 is 15.4 Å². The quantitative estimate of drug-likeness (QED) is 0.193. The fraction of sp³-hybridized carbons (Fsp3) is 0.286. The van der Waals surface area contributed by atoms with E-state index in [2.05, 4.69) is 0 Å². The Morgan fingerprint density at radius 1 is 1.33 bits per heavy atom. The number of nitro groups is 1. The van der Waals surface area contributed by atoms with Gasteiger partial charge in [-0.1, -0.05) is 0 Å². The number of allylic oxidation sites excluding steroid dienone is 3. The Labute approximate surface area is 83.4 Å². The van der Waals surface area contributed by atoms with Crippen molar-refractivity contribution >= 4 is 5.71 Å². The SMILES string of the molecule is O=[N+]([O-])C1=CC(=C(O)O)CC(=[N+]([O-])O)C1. The fourth-order valence-electron chi connectivity index (χ4n) is 1.19. The average Bonchev–Trinajstić information content (AvgIpc) is 2.16. The minimum Gasteiger partial charge on any atom is -0.481 e. The third kappa shape index (κ3) is 2.36. The van der Waals surface area contributed by atoms with Crippen LogP contribution in [0, 0.1) is 15.3 Å². The second kappa shape index (κ2) is 3.86. The number of aliphatic hydroxyl groups excluding tert-OH is 1. The summed E-state index contributed by atoms with van der Waals surface area (Å²) in [5.74, 6) is -1.10. The topological polar surface area (TPSA) is 130 Å². The van der Waals surface area contributed by atoms with Crippen molar-refractivity contribution in [3.05, 3.63) is 38.6 Å². The number of rotatable bonds is 1. The summed E-state index contributed by atoms with van der Waals surface area (Å²) in [5, 5.41) is 47.0. The molecule has 0 heterocycles. The number of nitrogens with zero attached hydrogens (tertiary/aromatic N) is 2. The molecule has 8 nitrogen and oxygen atoms in total. The summed E-state index contributed by atoms with van der Waals surface area (Å²) in [6, 6.07) is 0. The van der Waals surface area contributed by atoms with Crippen molar-refractivity contribution in [1.29, 1.82) is 0 Å². The van der Waals surface area contributed by atoms with Crippen molar-refractivity contribution < 1.29 is 25.2 Å². The van der Waals surface area contributed by atoms with E-state index in [1.54, 1.807) is 0 Å². The van der Waals surface area contributed by atoms with Crippen molar-refractivity contribution in [2.45, 2.75) is 12.8 Å². The van der Waals surface area contributed by atoms with Crippen LogP contribution in [0.25, 0.3) is 0 Å². The second-order valence-electron chi connectivity index (χ2n) is 2.93. The average molecular weight is 216 g/mol. The van der Waals surface area contributed by atoms with Gasteiger partial charge in [0, 0.05) is 16.6 Å². The molecule has 0 aromatic carbocycles. The molecule has 82 valence electrons. The van der Waals surface area contributed by atoms with Gasteiger partial charge in [0.05, 0.1) is 11.3 Å². The molecule has 0 fully saturated rings. The highest BCUT2D eigenvalue weighted by Crippen LogP contribution is 2.21. The molecule has 1 aliphatic rings. The van der Waals surface area contributed by atoms with E-state index in [9.17, 15) is 15.3 Å². The Morgan fingerprint density at radius 2 is 1.93 bits per heavy atom. The van der Waals surface area contributed by atoms with E-state index >= 15 is 0 Å². The van der Waals surface area contributed by atoms with Crippen LogP contribution < -0.4 is 0 Å². The highest BCUT2D eigenvalue weighted by molar-refractivity contribution is 5.86. The number of hydrogen-bond donors (Lipinski definition) is 3. The summed E-state index contributed by atoms with van der Waals surface area (Å²) in [6.45, 7) is 0. The Morgan fingerprint density at radius 3 is 2.33 bits per heavy atom. The van der Waals surface area contributed by atoms with Gasteiger partial charge in [0.15, 0.2) is 0 Å². The smallest absolute Gasteiger partial charge is 0.278 e. The largest absolute Gasteiger partial charge is 0.481 e. The predicted molar refractivity (Wildman–Crippen MR) is 47.0 cm³/mol. The van der Waals surface area contributed by atoms with Crippen molar-refractivity contribution in [1.82, 2.24) is 0 Å². The van der Waals surface area contributed by atoms with Crippen LogP contribution in [0.4, 0.5) is 0 Å². The van der Waals surface area contributed by atoms with E-state index in [1.807, 2.05) is 0 Å². The van der Waals surface area contributed by atoms with E-state index in [4.69, 9.17) is 15.4 Å². The lowest BCUT2D eigenvalue weighted by Crippen LogP contribution is -2.20. The maximum atomic E-state index is 10.5. The minimum absolute atomic E-state index is 0.183. The summed E-state index contributed by atoms with van der Waals surface area (Å²) in [5.41, 5.74) is -0.792. The molecule has 15 heavy (non-hydrogen) atoms. The molecule has 0 aliphatic heterocycles. The molecule has 1 rings (SSSR count). The Bertz CT molecular complexity index is 386. The summed E-state index contributed by atoms with van der Waals surface area (Å²) < 4.78 is 0. The molecule has 0 saturated carbocycles. The predicted octanol–water partition coefficient (Wildman–Crippen LogP) is 0.609. The van der Waals surface area contributed by atoms with E-state index < -0.39 is 15.8 Å². The van der Waals surface area contributed by atoms with Gasteiger partial charge >= 0.3 is 0 Å². The highest BCUT2D eigenvalue weighted by Gasteiger charge is 2.29. The molecular weight excluding hydrogens is 208 g/mol. The Kier molecular flexibility index (Phi) is 2.79. The molecule has 0 aromatic heterocycles. The van der Waals surface area contributed by atoms with Gasteiger partial charge in [0.2, 0.25) is 5.71 Å². The lowest BCUT2D eigenvalue weighted by molar-refractivity contribution is -0.727. The molecule has 8 heteroatoms. The maximum absolute atomic E-state index is 10.5. The second-order valence-corrected chi connectivity index (χ2v) is 2.93. The van der Waals surface area contributed by atoms with Crippen LogP contribution in [0.15, 0.2) is 23.3 Å². The molecule has 0 spiro atoms. The number of aliphatic hydroxyl groups is 2. The highest BCUT2D eigenvalue weighted by atomic mass is 16.8. The van der Waals surface area contributed by atoms with Crippen molar-refractivity contribution in [3.63, 3.8) is 0 Å². The summed E-state index contributed by atoms with van der Waals surface area (Å²) in [6.07, 6.45) is 0.395. The van der Waals surface area contributed by atoms with Gasteiger partial charge in [0.25, 0.3) is 11.6 Å². The van der Waals surface area contributed by atoms with E-state index in [1.165, 1.54) is 0 Å².